The molecule has 1 amide bonds. The lowest BCUT2D eigenvalue weighted by atomic mass is 9.51. The van der Waals surface area contributed by atoms with Crippen LogP contribution >= 0.6 is 0 Å². The van der Waals surface area contributed by atoms with E-state index in [0.717, 1.165) is 18.1 Å². The number of nitrogens with zero attached hydrogens (tertiary/aromatic N) is 1. The van der Waals surface area contributed by atoms with E-state index in [1.165, 1.54) is 23.8 Å². The number of nitrogens with one attached hydrogen (secondary N) is 1. The summed E-state index contributed by atoms with van der Waals surface area (Å²) >= 11 is 0. The third kappa shape index (κ3) is 3.76. The van der Waals surface area contributed by atoms with E-state index in [4.69, 9.17) is 0 Å². The Labute approximate surface area is 206 Å². The maximum atomic E-state index is 14.1. The van der Waals surface area contributed by atoms with Crippen molar-refractivity contribution in [2.75, 3.05) is 6.54 Å². The van der Waals surface area contributed by atoms with Gasteiger partial charge in [0.25, 0.3) is 0 Å². The van der Waals surface area contributed by atoms with Gasteiger partial charge in [0, 0.05) is 30.0 Å². The van der Waals surface area contributed by atoms with Crippen LogP contribution in [-0.4, -0.2) is 43.0 Å². The van der Waals surface area contributed by atoms with Crippen LogP contribution in [0.1, 0.15) is 57.6 Å². The number of carbonyl (C=O) groups is 1. The monoisotopic (exact) mass is 500 g/mol. The van der Waals surface area contributed by atoms with E-state index in [2.05, 4.69) is 31.6 Å². The third-order valence-electron chi connectivity index (χ3n) is 9.14. The molecule has 5 rings (SSSR count). The zero-order valence-corrected chi connectivity index (χ0v) is 21.2. The molecule has 2 aromatic rings. The van der Waals surface area contributed by atoms with Gasteiger partial charge in [0.2, 0.25) is 15.9 Å². The minimum absolute atomic E-state index is 0.0521. The molecule has 0 aromatic heterocycles. The zero-order valence-electron chi connectivity index (χ0n) is 20.4. The molecule has 1 heterocycles. The van der Waals surface area contributed by atoms with E-state index >= 15 is 0 Å². The Morgan fingerprint density at radius 3 is 2.60 bits per heavy atom. The molecular formula is C27H33FN2O4S. The number of halogens is 1. The van der Waals surface area contributed by atoms with E-state index in [9.17, 15) is 22.7 Å². The van der Waals surface area contributed by atoms with Crippen LogP contribution in [0.5, 0.6) is 5.75 Å². The van der Waals surface area contributed by atoms with E-state index in [1.807, 2.05) is 11.0 Å². The highest BCUT2D eigenvalue weighted by atomic mass is 32.2. The summed E-state index contributed by atoms with van der Waals surface area (Å²) in [7, 11) is -4.00. The van der Waals surface area contributed by atoms with E-state index < -0.39 is 21.9 Å². The molecule has 2 aromatic carbocycles. The first kappa shape index (κ1) is 24.3. The predicted octanol–water partition coefficient (Wildman–Crippen LogP) is 4.12. The number of carbonyl (C=O) groups excluding carboxylic acids is 1. The molecule has 2 aliphatic carbocycles. The second kappa shape index (κ2) is 8.30. The molecule has 1 saturated heterocycles. The molecule has 6 nitrogen and oxygen atoms in total. The molecule has 8 heteroatoms. The minimum atomic E-state index is -4.00. The fourth-order valence-corrected chi connectivity index (χ4v) is 8.05. The number of fused-ring (bicyclic) bond motifs is 4. The number of sulfonamides is 1. The summed E-state index contributed by atoms with van der Waals surface area (Å²) in [6, 6.07) is 10.6. The Balaban J connectivity index is 1.34. The van der Waals surface area contributed by atoms with Crippen molar-refractivity contribution < 1.29 is 22.7 Å². The number of phenols is 1. The molecule has 0 radical (unpaired) electrons. The van der Waals surface area contributed by atoms with Crippen molar-refractivity contribution in [2.45, 2.75) is 75.3 Å². The SMILES string of the molecule is CC1(C)[C@H]2Cc3c(O)cccc3[C@]1(C)CCN2C(=O)[C@@H]1CC[C@@H](NS(=O)(=O)c2ccccc2F)C1. The first-order valence-electron chi connectivity index (χ1n) is 12.3. The summed E-state index contributed by atoms with van der Waals surface area (Å²) in [6.07, 6.45) is 2.93. The lowest BCUT2D eigenvalue weighted by Gasteiger charge is -2.61. The Morgan fingerprint density at radius 2 is 1.86 bits per heavy atom. The van der Waals surface area contributed by atoms with Gasteiger partial charge in [-0.15, -0.1) is 0 Å². The standard InChI is InChI=1S/C27H33FN2O4S/c1-26(2)24-16-19-20(7-6-9-22(19)31)27(26,3)13-14-30(24)25(32)17-11-12-18(15-17)29-35(33,34)23-10-5-4-8-21(23)28/h4-10,17-18,24,29,31H,11-16H2,1-3H3/t17-,18-,24-,27+/m1/s1. The van der Waals surface area contributed by atoms with Gasteiger partial charge >= 0.3 is 0 Å². The van der Waals surface area contributed by atoms with Crippen molar-refractivity contribution in [1.82, 2.24) is 9.62 Å². The molecule has 2 bridgehead atoms. The maximum absolute atomic E-state index is 14.1. The average Bonchev–Trinajstić information content (AvgIpc) is 3.24. The smallest absolute Gasteiger partial charge is 0.243 e. The van der Waals surface area contributed by atoms with Gasteiger partial charge in [-0.2, -0.15) is 0 Å². The summed E-state index contributed by atoms with van der Waals surface area (Å²) in [5, 5.41) is 10.6. The van der Waals surface area contributed by atoms with Crippen LogP contribution in [0.2, 0.25) is 0 Å². The van der Waals surface area contributed by atoms with Crippen molar-refractivity contribution in [3.8, 4) is 5.75 Å². The lowest BCUT2D eigenvalue weighted by molar-refractivity contribution is -0.148. The molecule has 1 aliphatic heterocycles. The number of rotatable bonds is 4. The fourth-order valence-electron chi connectivity index (χ4n) is 6.68. The second-order valence-corrected chi connectivity index (χ2v) is 12.8. The summed E-state index contributed by atoms with van der Waals surface area (Å²) in [5.41, 5.74) is 1.76. The Morgan fingerprint density at radius 1 is 1.11 bits per heavy atom. The van der Waals surface area contributed by atoms with Gasteiger partial charge in [0.05, 0.1) is 0 Å². The van der Waals surface area contributed by atoms with E-state index in [1.54, 1.807) is 6.07 Å². The quantitative estimate of drug-likeness (QED) is 0.661. The van der Waals surface area contributed by atoms with Gasteiger partial charge < -0.3 is 10.0 Å². The van der Waals surface area contributed by atoms with Crippen LogP contribution in [0, 0.1) is 17.2 Å². The van der Waals surface area contributed by atoms with Gasteiger partial charge in [0.15, 0.2) is 0 Å². The summed E-state index contributed by atoms with van der Waals surface area (Å²) in [4.78, 5) is 15.4. The number of amides is 1. The second-order valence-electron chi connectivity index (χ2n) is 11.1. The van der Waals surface area contributed by atoms with Crippen molar-refractivity contribution >= 4 is 15.9 Å². The Kier molecular flexibility index (Phi) is 5.75. The molecule has 35 heavy (non-hydrogen) atoms. The van der Waals surface area contributed by atoms with Crippen LogP contribution in [0.25, 0.3) is 0 Å². The van der Waals surface area contributed by atoms with Gasteiger partial charge in [-0.25, -0.2) is 17.5 Å². The number of benzene rings is 2. The molecule has 2 N–H and O–H groups in total. The first-order valence-corrected chi connectivity index (χ1v) is 13.8. The van der Waals surface area contributed by atoms with Crippen molar-refractivity contribution in [1.29, 1.82) is 0 Å². The summed E-state index contributed by atoms with van der Waals surface area (Å²) < 4.78 is 42.1. The number of phenolic OH excluding ortho intramolecular Hbond substituents is 1. The number of aromatic hydroxyl groups is 1. The molecule has 188 valence electrons. The lowest BCUT2D eigenvalue weighted by Crippen LogP contribution is -2.65. The van der Waals surface area contributed by atoms with Crippen molar-refractivity contribution in [2.24, 2.45) is 11.3 Å². The Bertz CT molecular complexity index is 1280. The highest BCUT2D eigenvalue weighted by molar-refractivity contribution is 7.89. The first-order chi connectivity index (χ1) is 16.5. The molecule has 1 saturated carbocycles. The fraction of sp³-hybridized carbons (Fsp3) is 0.519. The molecular weight excluding hydrogens is 467 g/mol. The number of hydrogen-bond donors (Lipinski definition) is 2. The predicted molar refractivity (Wildman–Crippen MR) is 131 cm³/mol. The minimum Gasteiger partial charge on any atom is -0.508 e. The number of hydrogen-bond acceptors (Lipinski definition) is 4. The number of piperidine rings is 1. The summed E-state index contributed by atoms with van der Waals surface area (Å²) in [6.45, 7) is 7.30. The topological polar surface area (TPSA) is 86.7 Å². The zero-order chi connectivity index (χ0) is 25.2. The number of likely N-dealkylation sites (tertiary alicyclic amines) is 1. The van der Waals surface area contributed by atoms with Crippen LogP contribution in [0.15, 0.2) is 47.4 Å². The normalized spacial score (nSPS) is 29.6. The van der Waals surface area contributed by atoms with Gasteiger partial charge in [0.1, 0.15) is 16.5 Å². The van der Waals surface area contributed by atoms with Crippen molar-refractivity contribution in [3.05, 3.63) is 59.4 Å². The van der Waals surface area contributed by atoms with E-state index in [0.29, 0.717) is 32.2 Å². The highest BCUT2D eigenvalue weighted by Crippen LogP contribution is 2.57. The molecule has 0 unspecified atom stereocenters. The van der Waals surface area contributed by atoms with Crippen LogP contribution in [0.4, 0.5) is 4.39 Å². The maximum Gasteiger partial charge on any atom is 0.243 e. The van der Waals surface area contributed by atoms with Gasteiger partial charge in [-0.1, -0.05) is 45.0 Å². The molecule has 4 atom stereocenters. The molecule has 2 fully saturated rings. The van der Waals surface area contributed by atoms with Crippen LogP contribution in [-0.2, 0) is 26.7 Å². The largest absolute Gasteiger partial charge is 0.508 e. The van der Waals surface area contributed by atoms with Crippen molar-refractivity contribution in [3.63, 3.8) is 0 Å². The molecule has 3 aliphatic rings. The van der Waals surface area contributed by atoms with Crippen LogP contribution in [0.3, 0.4) is 0 Å². The average molecular weight is 501 g/mol. The molecule has 0 spiro atoms. The van der Waals surface area contributed by atoms with Gasteiger partial charge in [-0.05, 0) is 66.8 Å². The third-order valence-corrected chi connectivity index (χ3v) is 10.7. The van der Waals surface area contributed by atoms with Gasteiger partial charge in [-0.3, -0.25) is 4.79 Å². The Hall–Kier alpha value is -2.45. The van der Waals surface area contributed by atoms with E-state index in [-0.39, 0.29) is 39.3 Å². The summed E-state index contributed by atoms with van der Waals surface area (Å²) in [5.74, 6) is -0.733. The van der Waals surface area contributed by atoms with Crippen LogP contribution < -0.4 is 4.72 Å². The highest BCUT2D eigenvalue weighted by Gasteiger charge is 2.57.